The molecule has 90 valence electrons. The van der Waals surface area contributed by atoms with Crippen molar-refractivity contribution in [2.45, 2.75) is 0 Å². The fraction of sp³-hybridized carbons (Fsp3) is 0. The van der Waals surface area contributed by atoms with Crippen LogP contribution in [0.15, 0.2) is 35.0 Å². The van der Waals surface area contributed by atoms with Crippen LogP contribution in [0.2, 0.25) is 0 Å². The summed E-state index contributed by atoms with van der Waals surface area (Å²) in [6.45, 7) is 0. The van der Waals surface area contributed by atoms with Crippen LogP contribution in [-0.4, -0.2) is 23.1 Å². The van der Waals surface area contributed by atoms with Crippen LogP contribution in [0.3, 0.4) is 0 Å². The van der Waals surface area contributed by atoms with Gasteiger partial charge in [-0.15, -0.1) is 22.7 Å². The van der Waals surface area contributed by atoms with Gasteiger partial charge in [0.15, 0.2) is 0 Å². The summed E-state index contributed by atoms with van der Waals surface area (Å²) in [5, 5.41) is 3.23. The van der Waals surface area contributed by atoms with Gasteiger partial charge in [0.1, 0.15) is 0 Å². The van der Waals surface area contributed by atoms with Gasteiger partial charge in [-0.2, -0.15) is 0 Å². The monoisotopic (exact) mass is 278 g/mol. The molecule has 18 heavy (non-hydrogen) atoms. The van der Waals surface area contributed by atoms with Crippen molar-refractivity contribution in [1.29, 1.82) is 0 Å². The molecule has 0 aliphatic heterocycles. The summed E-state index contributed by atoms with van der Waals surface area (Å²) in [4.78, 5) is 46.7. The standard InChI is InChI=1S/C12H6O4S2/c13-9(7-3-1-5-17-7)11(15)12(16)10(14)8-4-2-6-18-8/h1-6H. The van der Waals surface area contributed by atoms with E-state index >= 15 is 0 Å². The lowest BCUT2D eigenvalue weighted by molar-refractivity contribution is -0.131. The molecule has 0 atom stereocenters. The lowest BCUT2D eigenvalue weighted by atomic mass is 10.1. The number of ketones is 4. The Morgan fingerprint density at radius 2 is 1.11 bits per heavy atom. The normalized spacial score (nSPS) is 10.0. The first kappa shape index (κ1) is 12.5. The second-order valence-corrected chi connectivity index (χ2v) is 5.17. The first-order valence-electron chi connectivity index (χ1n) is 4.86. The van der Waals surface area contributed by atoms with E-state index in [0.717, 1.165) is 22.7 Å². The maximum Gasteiger partial charge on any atom is 0.278 e. The fourth-order valence-electron chi connectivity index (χ4n) is 1.25. The third-order valence-corrected chi connectivity index (χ3v) is 3.85. The number of Topliss-reactive ketones (excluding diaryl/α,β-unsaturated/α-hetero) is 4. The molecule has 0 aliphatic carbocycles. The molecule has 2 heterocycles. The van der Waals surface area contributed by atoms with Gasteiger partial charge in [0.2, 0.25) is 11.6 Å². The van der Waals surface area contributed by atoms with Crippen LogP contribution in [-0.2, 0) is 9.59 Å². The molecule has 0 fully saturated rings. The molecule has 0 aliphatic rings. The molecule has 0 aromatic carbocycles. The highest BCUT2D eigenvalue weighted by molar-refractivity contribution is 7.15. The van der Waals surface area contributed by atoms with Crippen LogP contribution in [0.1, 0.15) is 19.3 Å². The summed E-state index contributed by atoms with van der Waals surface area (Å²) >= 11 is 2.11. The Morgan fingerprint density at radius 1 is 0.722 bits per heavy atom. The fourth-order valence-corrected chi connectivity index (χ4v) is 2.57. The topological polar surface area (TPSA) is 68.3 Å². The Bertz CT molecular complexity index is 552. The van der Waals surface area contributed by atoms with E-state index in [2.05, 4.69) is 0 Å². The molecular formula is C12H6O4S2. The molecule has 2 aromatic rings. The lowest BCUT2D eigenvalue weighted by Gasteiger charge is -1.95. The Morgan fingerprint density at radius 3 is 1.39 bits per heavy atom. The minimum atomic E-state index is -1.28. The molecule has 0 radical (unpaired) electrons. The minimum absolute atomic E-state index is 0.160. The zero-order chi connectivity index (χ0) is 13.1. The van der Waals surface area contributed by atoms with Crippen LogP contribution in [0.25, 0.3) is 0 Å². The first-order valence-corrected chi connectivity index (χ1v) is 6.62. The van der Waals surface area contributed by atoms with Crippen LogP contribution in [0.4, 0.5) is 0 Å². The summed E-state index contributed by atoms with van der Waals surface area (Å²) in [7, 11) is 0. The Labute approximate surface area is 110 Å². The zero-order valence-electron chi connectivity index (χ0n) is 8.91. The van der Waals surface area contributed by atoms with Crippen molar-refractivity contribution in [2.75, 3.05) is 0 Å². The quantitative estimate of drug-likeness (QED) is 0.476. The Kier molecular flexibility index (Phi) is 3.59. The van der Waals surface area contributed by atoms with Gasteiger partial charge in [-0.05, 0) is 22.9 Å². The minimum Gasteiger partial charge on any atom is -0.284 e. The van der Waals surface area contributed by atoms with E-state index < -0.39 is 23.1 Å². The summed E-state index contributed by atoms with van der Waals surface area (Å²) in [5.41, 5.74) is 0. The molecule has 2 aromatic heterocycles. The second kappa shape index (κ2) is 5.16. The van der Waals surface area contributed by atoms with Gasteiger partial charge in [0.25, 0.3) is 11.6 Å². The smallest absolute Gasteiger partial charge is 0.278 e. The lowest BCUT2D eigenvalue weighted by Crippen LogP contribution is -2.29. The van der Waals surface area contributed by atoms with Crippen LogP contribution in [0, 0.1) is 0 Å². The zero-order valence-corrected chi connectivity index (χ0v) is 10.5. The average molecular weight is 278 g/mol. The van der Waals surface area contributed by atoms with Crippen molar-refractivity contribution in [1.82, 2.24) is 0 Å². The molecule has 0 bridgehead atoms. The molecule has 2 rings (SSSR count). The maximum atomic E-state index is 11.6. The number of carbonyl (C=O) groups excluding carboxylic acids is 4. The van der Waals surface area contributed by atoms with E-state index in [-0.39, 0.29) is 9.75 Å². The van der Waals surface area contributed by atoms with Crippen molar-refractivity contribution >= 4 is 45.8 Å². The molecule has 0 spiro atoms. The van der Waals surface area contributed by atoms with E-state index in [1.54, 1.807) is 22.9 Å². The number of thiophene rings is 2. The highest BCUT2D eigenvalue weighted by Crippen LogP contribution is 2.13. The third-order valence-electron chi connectivity index (χ3n) is 2.11. The van der Waals surface area contributed by atoms with E-state index in [4.69, 9.17) is 0 Å². The van der Waals surface area contributed by atoms with Crippen LogP contribution < -0.4 is 0 Å². The van der Waals surface area contributed by atoms with Crippen molar-refractivity contribution in [3.05, 3.63) is 44.8 Å². The number of hydrogen-bond donors (Lipinski definition) is 0. The molecular weight excluding hydrogens is 272 g/mol. The average Bonchev–Trinajstić information content (AvgIpc) is 3.06. The number of rotatable bonds is 5. The van der Waals surface area contributed by atoms with Gasteiger partial charge in [-0.1, -0.05) is 12.1 Å². The molecule has 0 N–H and O–H groups in total. The summed E-state index contributed by atoms with van der Waals surface area (Å²) < 4.78 is 0. The van der Waals surface area contributed by atoms with Crippen molar-refractivity contribution in [3.63, 3.8) is 0 Å². The van der Waals surface area contributed by atoms with Crippen molar-refractivity contribution < 1.29 is 19.2 Å². The van der Waals surface area contributed by atoms with Gasteiger partial charge < -0.3 is 0 Å². The predicted molar refractivity (Wildman–Crippen MR) is 67.3 cm³/mol. The van der Waals surface area contributed by atoms with E-state index in [0.29, 0.717) is 0 Å². The summed E-state index contributed by atoms with van der Waals surface area (Å²) in [6, 6.07) is 6.06. The predicted octanol–water partition coefficient (Wildman–Crippen LogP) is 2.01. The number of hydrogen-bond acceptors (Lipinski definition) is 6. The maximum absolute atomic E-state index is 11.6. The van der Waals surface area contributed by atoms with Gasteiger partial charge >= 0.3 is 0 Å². The van der Waals surface area contributed by atoms with E-state index in [1.807, 2.05) is 0 Å². The second-order valence-electron chi connectivity index (χ2n) is 3.27. The number of carbonyl (C=O) groups is 4. The highest BCUT2D eigenvalue weighted by Gasteiger charge is 2.31. The van der Waals surface area contributed by atoms with Gasteiger partial charge in [-0.3, -0.25) is 19.2 Å². The molecule has 0 saturated heterocycles. The first-order chi connectivity index (χ1) is 8.61. The molecule has 6 heteroatoms. The van der Waals surface area contributed by atoms with Gasteiger partial charge in [0, 0.05) is 0 Å². The largest absolute Gasteiger partial charge is 0.284 e. The Hall–Kier alpha value is -1.92. The highest BCUT2D eigenvalue weighted by atomic mass is 32.1. The molecule has 0 amide bonds. The molecule has 4 nitrogen and oxygen atoms in total. The molecule has 0 saturated carbocycles. The van der Waals surface area contributed by atoms with E-state index in [1.165, 1.54) is 12.1 Å². The van der Waals surface area contributed by atoms with Gasteiger partial charge in [-0.25, -0.2) is 0 Å². The van der Waals surface area contributed by atoms with Crippen LogP contribution in [0.5, 0.6) is 0 Å². The van der Waals surface area contributed by atoms with Crippen LogP contribution >= 0.6 is 22.7 Å². The summed E-state index contributed by atoms with van der Waals surface area (Å²) in [6.07, 6.45) is 0. The third kappa shape index (κ3) is 2.34. The van der Waals surface area contributed by atoms with Crippen molar-refractivity contribution in [2.24, 2.45) is 0 Å². The SMILES string of the molecule is O=C(C(=O)C(=O)c1cccs1)C(=O)c1cccs1. The van der Waals surface area contributed by atoms with Crippen molar-refractivity contribution in [3.8, 4) is 0 Å². The summed E-state index contributed by atoms with van der Waals surface area (Å²) in [5.74, 6) is -4.42. The van der Waals surface area contributed by atoms with Gasteiger partial charge in [0.05, 0.1) is 9.75 Å². The van der Waals surface area contributed by atoms with E-state index in [9.17, 15) is 19.2 Å². The Balaban J connectivity index is 2.17. The molecule has 0 unspecified atom stereocenters.